The highest BCUT2D eigenvalue weighted by Crippen LogP contribution is 2.12. The number of carbonyl (C=O) groups excluding carboxylic acids is 2. The van der Waals surface area contributed by atoms with Gasteiger partial charge in [0.1, 0.15) is 12.2 Å². The lowest BCUT2D eigenvalue weighted by molar-refractivity contribution is -0.129. The molecule has 0 heterocycles. The second kappa shape index (κ2) is 10.6. The predicted molar refractivity (Wildman–Crippen MR) is 90.5 cm³/mol. The van der Waals surface area contributed by atoms with E-state index in [0.717, 1.165) is 24.3 Å². The molecule has 0 unspecified atom stereocenters. The molecule has 0 aliphatic carbocycles. The summed E-state index contributed by atoms with van der Waals surface area (Å²) in [5, 5.41) is 5.51. The first kappa shape index (κ1) is 19.0. The van der Waals surface area contributed by atoms with Crippen LogP contribution in [0.2, 0.25) is 0 Å². The summed E-state index contributed by atoms with van der Waals surface area (Å²) < 4.78 is 5.15. The van der Waals surface area contributed by atoms with Gasteiger partial charge in [0.15, 0.2) is 0 Å². The number of rotatable bonds is 10. The molecule has 0 saturated carbocycles. The van der Waals surface area contributed by atoms with Crippen molar-refractivity contribution in [1.29, 1.82) is 0 Å². The molecule has 0 atom stereocenters. The van der Waals surface area contributed by atoms with E-state index in [9.17, 15) is 9.59 Å². The number of hydrogen-bond acceptors (Lipinski definition) is 4. The van der Waals surface area contributed by atoms with E-state index < -0.39 is 0 Å². The molecule has 0 fully saturated rings. The van der Waals surface area contributed by atoms with E-state index in [2.05, 4.69) is 15.5 Å². The zero-order chi connectivity index (χ0) is 17.1. The summed E-state index contributed by atoms with van der Waals surface area (Å²) in [6, 6.07) is 7.70. The number of ether oxygens (including phenoxy) is 1. The lowest BCUT2D eigenvalue weighted by Crippen LogP contribution is -2.33. The molecular weight excluding hydrogens is 294 g/mol. The molecule has 0 spiro atoms. The van der Waals surface area contributed by atoms with Gasteiger partial charge in [0.2, 0.25) is 11.8 Å². The van der Waals surface area contributed by atoms with Gasteiger partial charge in [-0.15, -0.1) is 0 Å². The van der Waals surface area contributed by atoms with Gasteiger partial charge in [0, 0.05) is 13.1 Å². The van der Waals surface area contributed by atoms with Crippen LogP contribution in [-0.2, 0) is 16.0 Å². The zero-order valence-electron chi connectivity index (χ0n) is 14.2. The van der Waals surface area contributed by atoms with Crippen LogP contribution >= 0.6 is 0 Å². The Morgan fingerprint density at radius 1 is 1.13 bits per heavy atom. The molecule has 0 radical (unpaired) electrons. The summed E-state index contributed by atoms with van der Waals surface area (Å²) in [4.78, 5) is 25.4. The summed E-state index contributed by atoms with van der Waals surface area (Å²) in [5.41, 5.74) is 1.08. The molecule has 0 aliphatic rings. The number of amides is 2. The summed E-state index contributed by atoms with van der Waals surface area (Å²) >= 11 is 0. The highest BCUT2D eigenvalue weighted by molar-refractivity contribution is 5.96. The molecule has 0 saturated heterocycles. The molecule has 0 aliphatic heterocycles. The van der Waals surface area contributed by atoms with E-state index in [0.29, 0.717) is 19.5 Å². The number of nitrogens with one attached hydrogen (secondary N) is 2. The smallest absolute Gasteiger partial charge is 0.229 e. The lowest BCUT2D eigenvalue weighted by Gasteiger charge is -2.10. The van der Waals surface area contributed by atoms with Crippen molar-refractivity contribution in [3.05, 3.63) is 29.8 Å². The van der Waals surface area contributed by atoms with Crippen LogP contribution in [0.25, 0.3) is 0 Å². The second-order valence-electron chi connectivity index (χ2n) is 5.64. The Morgan fingerprint density at radius 3 is 2.48 bits per heavy atom. The van der Waals surface area contributed by atoms with E-state index in [1.807, 2.05) is 38.4 Å². The van der Waals surface area contributed by atoms with Gasteiger partial charge in [-0.1, -0.05) is 12.1 Å². The summed E-state index contributed by atoms with van der Waals surface area (Å²) in [6.07, 6.45) is 1.45. The Labute approximate surface area is 138 Å². The predicted octanol–water partition coefficient (Wildman–Crippen LogP) is 0.812. The Morgan fingerprint density at radius 2 is 1.83 bits per heavy atom. The van der Waals surface area contributed by atoms with E-state index in [-0.39, 0.29) is 18.2 Å². The fraction of sp³-hybridized carbons (Fsp3) is 0.529. The van der Waals surface area contributed by atoms with Crippen LogP contribution in [0.1, 0.15) is 18.4 Å². The first-order chi connectivity index (χ1) is 11.0. The number of carbonyl (C=O) groups is 2. The van der Waals surface area contributed by atoms with Crippen molar-refractivity contribution in [2.45, 2.75) is 19.3 Å². The first-order valence-electron chi connectivity index (χ1n) is 7.82. The highest BCUT2D eigenvalue weighted by Gasteiger charge is 2.08. The van der Waals surface area contributed by atoms with Crippen molar-refractivity contribution in [2.75, 3.05) is 40.8 Å². The Kier molecular flexibility index (Phi) is 8.75. The van der Waals surface area contributed by atoms with Gasteiger partial charge in [-0.2, -0.15) is 0 Å². The molecular formula is C17H27N3O3. The van der Waals surface area contributed by atoms with Crippen LogP contribution in [0.4, 0.5) is 0 Å². The Balaban J connectivity index is 2.17. The van der Waals surface area contributed by atoms with Gasteiger partial charge in [-0.3, -0.25) is 9.59 Å². The maximum Gasteiger partial charge on any atom is 0.229 e. The van der Waals surface area contributed by atoms with Crippen LogP contribution in [0.3, 0.4) is 0 Å². The van der Waals surface area contributed by atoms with Crippen molar-refractivity contribution in [1.82, 2.24) is 15.5 Å². The van der Waals surface area contributed by atoms with Crippen LogP contribution < -0.4 is 15.4 Å². The molecule has 0 bridgehead atoms. The van der Waals surface area contributed by atoms with Crippen molar-refractivity contribution < 1.29 is 14.3 Å². The average Bonchev–Trinajstić information content (AvgIpc) is 2.51. The van der Waals surface area contributed by atoms with Gasteiger partial charge in [-0.05, 0) is 51.2 Å². The minimum atomic E-state index is -0.252. The molecule has 2 N–H and O–H groups in total. The quantitative estimate of drug-likeness (QED) is 0.494. The van der Waals surface area contributed by atoms with E-state index >= 15 is 0 Å². The monoisotopic (exact) mass is 321 g/mol. The van der Waals surface area contributed by atoms with Crippen molar-refractivity contribution in [2.24, 2.45) is 0 Å². The number of nitrogens with zero attached hydrogens (tertiary/aromatic N) is 1. The normalized spacial score (nSPS) is 10.4. The molecule has 6 nitrogen and oxygen atoms in total. The average molecular weight is 321 g/mol. The molecule has 2 amide bonds. The van der Waals surface area contributed by atoms with Gasteiger partial charge >= 0.3 is 0 Å². The van der Waals surface area contributed by atoms with Crippen LogP contribution in [0.5, 0.6) is 5.75 Å². The molecule has 128 valence electrons. The minimum Gasteiger partial charge on any atom is -0.497 e. The van der Waals surface area contributed by atoms with E-state index in [1.54, 1.807) is 7.11 Å². The number of benzene rings is 1. The maximum atomic E-state index is 11.7. The van der Waals surface area contributed by atoms with Gasteiger partial charge in [0.05, 0.1) is 7.11 Å². The van der Waals surface area contributed by atoms with Crippen LogP contribution in [-0.4, -0.2) is 57.6 Å². The number of methoxy groups -OCH3 is 1. The Bertz CT molecular complexity index is 504. The SMILES string of the molecule is COc1cccc(CCNC(=O)CC(=O)NCCCN(C)C)c1. The third-order valence-electron chi connectivity index (χ3n) is 3.30. The first-order valence-corrected chi connectivity index (χ1v) is 7.82. The highest BCUT2D eigenvalue weighted by atomic mass is 16.5. The third kappa shape index (κ3) is 8.83. The van der Waals surface area contributed by atoms with E-state index in [1.165, 1.54) is 0 Å². The third-order valence-corrected chi connectivity index (χ3v) is 3.30. The fourth-order valence-corrected chi connectivity index (χ4v) is 2.07. The van der Waals surface area contributed by atoms with Gasteiger partial charge < -0.3 is 20.3 Å². The number of hydrogen-bond donors (Lipinski definition) is 2. The molecule has 1 rings (SSSR count). The Hall–Kier alpha value is -2.08. The van der Waals surface area contributed by atoms with E-state index in [4.69, 9.17) is 4.74 Å². The largest absolute Gasteiger partial charge is 0.497 e. The van der Waals surface area contributed by atoms with Gasteiger partial charge in [-0.25, -0.2) is 0 Å². The van der Waals surface area contributed by atoms with Crippen molar-refractivity contribution in [3.8, 4) is 5.75 Å². The fourth-order valence-electron chi connectivity index (χ4n) is 2.07. The molecule has 6 heteroatoms. The second-order valence-corrected chi connectivity index (χ2v) is 5.64. The summed E-state index contributed by atoms with van der Waals surface area (Å²) in [7, 11) is 5.59. The lowest BCUT2D eigenvalue weighted by atomic mass is 10.1. The van der Waals surface area contributed by atoms with Crippen molar-refractivity contribution >= 4 is 11.8 Å². The zero-order valence-corrected chi connectivity index (χ0v) is 14.2. The maximum absolute atomic E-state index is 11.7. The summed E-state index contributed by atoms with van der Waals surface area (Å²) in [5.74, 6) is 0.312. The molecule has 1 aromatic carbocycles. The summed E-state index contributed by atoms with van der Waals surface area (Å²) in [6.45, 7) is 2.00. The van der Waals surface area contributed by atoms with Gasteiger partial charge in [0.25, 0.3) is 0 Å². The topological polar surface area (TPSA) is 70.7 Å². The molecule has 23 heavy (non-hydrogen) atoms. The van der Waals surface area contributed by atoms with Crippen LogP contribution in [0.15, 0.2) is 24.3 Å². The standard InChI is InChI=1S/C17H27N3O3/c1-20(2)11-5-9-18-16(21)13-17(22)19-10-8-14-6-4-7-15(12-14)23-3/h4,6-7,12H,5,8-11,13H2,1-3H3,(H,18,21)(H,19,22). The minimum absolute atomic E-state index is 0.125. The molecule has 0 aromatic heterocycles. The van der Waals surface area contributed by atoms with Crippen LogP contribution in [0, 0.1) is 0 Å². The van der Waals surface area contributed by atoms with Crippen molar-refractivity contribution in [3.63, 3.8) is 0 Å². The molecule has 1 aromatic rings.